The Labute approximate surface area is 68.3 Å². The highest BCUT2D eigenvalue weighted by atomic mass is 19.1. The minimum absolute atomic E-state index is 0.151. The third kappa shape index (κ3) is 1.10. The highest BCUT2D eigenvalue weighted by molar-refractivity contribution is 5.41. The number of ether oxygens (including phenoxy) is 2. The number of fused-ring (bicyclic) bond motifs is 1. The lowest BCUT2D eigenvalue weighted by Gasteiger charge is -2.17. The minimum Gasteiger partial charge on any atom is -0.505 e. The summed E-state index contributed by atoms with van der Waals surface area (Å²) in [6, 6.07) is 2.47. The Balaban J connectivity index is 2.49. The van der Waals surface area contributed by atoms with Gasteiger partial charge in [0.15, 0.2) is 18.4 Å². The van der Waals surface area contributed by atoms with Crippen molar-refractivity contribution in [3.63, 3.8) is 0 Å². The first-order chi connectivity index (χ1) is 5.77. The summed E-state index contributed by atoms with van der Waals surface area (Å²) in [5.41, 5.74) is 0.622. The molecule has 0 aliphatic carbocycles. The zero-order valence-electron chi connectivity index (χ0n) is 6.21. The van der Waals surface area contributed by atoms with Gasteiger partial charge >= 0.3 is 0 Å². The van der Waals surface area contributed by atoms with Crippen molar-refractivity contribution in [1.82, 2.24) is 0 Å². The SMILES string of the molecule is Oc1cc2c(cc1F)COCO2. The summed E-state index contributed by atoms with van der Waals surface area (Å²) in [6.07, 6.45) is 0. The number of hydrogen-bond acceptors (Lipinski definition) is 3. The Kier molecular flexibility index (Phi) is 1.62. The fourth-order valence-corrected chi connectivity index (χ4v) is 1.09. The van der Waals surface area contributed by atoms with Crippen LogP contribution in [0.5, 0.6) is 11.5 Å². The van der Waals surface area contributed by atoms with Gasteiger partial charge in [0.1, 0.15) is 5.75 Å². The van der Waals surface area contributed by atoms with Gasteiger partial charge in [-0.15, -0.1) is 0 Å². The average molecular weight is 170 g/mol. The molecule has 0 fully saturated rings. The molecule has 1 N–H and O–H groups in total. The fraction of sp³-hybridized carbons (Fsp3) is 0.250. The number of phenolic OH excluding ortho intramolecular Hbond substituents is 1. The predicted molar refractivity (Wildman–Crippen MR) is 38.3 cm³/mol. The lowest BCUT2D eigenvalue weighted by Crippen LogP contribution is -2.11. The van der Waals surface area contributed by atoms with E-state index in [0.29, 0.717) is 17.9 Å². The van der Waals surface area contributed by atoms with Crippen LogP contribution in [0.25, 0.3) is 0 Å². The summed E-state index contributed by atoms with van der Waals surface area (Å²) in [4.78, 5) is 0. The zero-order chi connectivity index (χ0) is 8.55. The van der Waals surface area contributed by atoms with E-state index in [9.17, 15) is 4.39 Å². The summed E-state index contributed by atoms with van der Waals surface area (Å²) in [5.74, 6) is -0.557. The maximum atomic E-state index is 12.7. The second kappa shape index (κ2) is 2.64. The zero-order valence-corrected chi connectivity index (χ0v) is 6.21. The number of phenols is 1. The molecule has 1 aliphatic heterocycles. The van der Waals surface area contributed by atoms with Crippen molar-refractivity contribution >= 4 is 0 Å². The standard InChI is InChI=1S/C8H7FO3/c9-6-1-5-3-11-4-12-8(5)2-7(6)10/h1-2,10H,3-4H2. The Morgan fingerprint density at radius 1 is 1.42 bits per heavy atom. The number of rotatable bonds is 0. The van der Waals surface area contributed by atoms with E-state index in [1.807, 2.05) is 0 Å². The van der Waals surface area contributed by atoms with Gasteiger partial charge in [0.2, 0.25) is 0 Å². The molecule has 0 saturated carbocycles. The van der Waals surface area contributed by atoms with Gasteiger partial charge < -0.3 is 14.6 Å². The van der Waals surface area contributed by atoms with Gasteiger partial charge in [0.25, 0.3) is 0 Å². The molecule has 0 unspecified atom stereocenters. The van der Waals surface area contributed by atoms with Crippen LogP contribution in [0.3, 0.4) is 0 Å². The van der Waals surface area contributed by atoms with Crippen LogP contribution in [0, 0.1) is 5.82 Å². The van der Waals surface area contributed by atoms with Crippen LogP contribution >= 0.6 is 0 Å². The Morgan fingerprint density at radius 3 is 3.08 bits per heavy atom. The molecule has 0 aromatic heterocycles. The number of hydrogen-bond donors (Lipinski definition) is 1. The lowest BCUT2D eigenvalue weighted by atomic mass is 10.2. The van der Waals surface area contributed by atoms with E-state index in [2.05, 4.69) is 0 Å². The van der Waals surface area contributed by atoms with Gasteiger partial charge in [-0.05, 0) is 6.07 Å². The smallest absolute Gasteiger partial charge is 0.189 e. The second-order valence-corrected chi connectivity index (χ2v) is 2.52. The van der Waals surface area contributed by atoms with Crippen molar-refractivity contribution < 1.29 is 19.0 Å². The van der Waals surface area contributed by atoms with E-state index in [1.165, 1.54) is 12.1 Å². The van der Waals surface area contributed by atoms with E-state index in [-0.39, 0.29) is 6.79 Å². The third-order valence-electron chi connectivity index (χ3n) is 1.69. The molecule has 0 amide bonds. The van der Waals surface area contributed by atoms with E-state index in [1.54, 1.807) is 0 Å². The van der Waals surface area contributed by atoms with Gasteiger partial charge in [-0.2, -0.15) is 0 Å². The molecule has 1 aromatic rings. The molecule has 0 bridgehead atoms. The fourth-order valence-electron chi connectivity index (χ4n) is 1.09. The monoisotopic (exact) mass is 170 g/mol. The first-order valence-electron chi connectivity index (χ1n) is 3.49. The number of benzene rings is 1. The minimum atomic E-state index is -0.650. The van der Waals surface area contributed by atoms with E-state index in [4.69, 9.17) is 14.6 Å². The Bertz CT molecular complexity index is 280. The van der Waals surface area contributed by atoms with Gasteiger partial charge in [-0.1, -0.05) is 0 Å². The molecular weight excluding hydrogens is 163 g/mol. The summed E-state index contributed by atoms with van der Waals surface area (Å²) in [7, 11) is 0. The van der Waals surface area contributed by atoms with E-state index in [0.717, 1.165) is 0 Å². The van der Waals surface area contributed by atoms with Gasteiger partial charge in [0.05, 0.1) is 6.61 Å². The Morgan fingerprint density at radius 2 is 2.25 bits per heavy atom. The van der Waals surface area contributed by atoms with Gasteiger partial charge in [-0.3, -0.25) is 0 Å². The molecule has 0 saturated heterocycles. The maximum Gasteiger partial charge on any atom is 0.189 e. The molecular formula is C8H7FO3. The molecule has 12 heavy (non-hydrogen) atoms. The van der Waals surface area contributed by atoms with Gasteiger partial charge in [-0.25, -0.2) is 4.39 Å². The molecule has 1 aromatic carbocycles. The Hall–Kier alpha value is -1.29. The molecule has 0 atom stereocenters. The molecule has 3 nitrogen and oxygen atoms in total. The van der Waals surface area contributed by atoms with Crippen molar-refractivity contribution in [1.29, 1.82) is 0 Å². The first kappa shape index (κ1) is 7.36. The predicted octanol–water partition coefficient (Wildman–Crippen LogP) is 1.40. The van der Waals surface area contributed by atoms with Crippen molar-refractivity contribution in [2.24, 2.45) is 0 Å². The molecule has 0 radical (unpaired) electrons. The summed E-state index contributed by atoms with van der Waals surface area (Å²) in [6.45, 7) is 0.477. The molecule has 1 heterocycles. The van der Waals surface area contributed by atoms with Crippen LogP contribution in [0.4, 0.5) is 4.39 Å². The second-order valence-electron chi connectivity index (χ2n) is 2.52. The summed E-state index contributed by atoms with van der Waals surface area (Å²) >= 11 is 0. The van der Waals surface area contributed by atoms with Crippen LogP contribution in [-0.2, 0) is 11.3 Å². The lowest BCUT2D eigenvalue weighted by molar-refractivity contribution is -0.0167. The number of aromatic hydroxyl groups is 1. The van der Waals surface area contributed by atoms with Crippen LogP contribution in [0.2, 0.25) is 0 Å². The van der Waals surface area contributed by atoms with Gasteiger partial charge in [0, 0.05) is 11.6 Å². The number of halogens is 1. The first-order valence-corrected chi connectivity index (χ1v) is 3.49. The third-order valence-corrected chi connectivity index (χ3v) is 1.69. The van der Waals surface area contributed by atoms with Crippen molar-refractivity contribution in [2.75, 3.05) is 6.79 Å². The van der Waals surface area contributed by atoms with Crippen LogP contribution < -0.4 is 4.74 Å². The van der Waals surface area contributed by atoms with Crippen molar-refractivity contribution in [2.45, 2.75) is 6.61 Å². The van der Waals surface area contributed by atoms with Crippen LogP contribution in [0.1, 0.15) is 5.56 Å². The van der Waals surface area contributed by atoms with Crippen molar-refractivity contribution in [3.05, 3.63) is 23.5 Å². The van der Waals surface area contributed by atoms with E-state index < -0.39 is 11.6 Å². The topological polar surface area (TPSA) is 38.7 Å². The highest BCUT2D eigenvalue weighted by Crippen LogP contribution is 2.29. The highest BCUT2D eigenvalue weighted by Gasteiger charge is 2.13. The quantitative estimate of drug-likeness (QED) is 0.639. The largest absolute Gasteiger partial charge is 0.505 e. The van der Waals surface area contributed by atoms with Crippen LogP contribution in [0.15, 0.2) is 12.1 Å². The molecule has 64 valence electrons. The molecule has 4 heteroatoms. The van der Waals surface area contributed by atoms with Crippen molar-refractivity contribution in [3.8, 4) is 11.5 Å². The van der Waals surface area contributed by atoms with Crippen LogP contribution in [-0.4, -0.2) is 11.9 Å². The normalized spacial score (nSPS) is 15.1. The van der Waals surface area contributed by atoms with E-state index >= 15 is 0 Å². The summed E-state index contributed by atoms with van der Waals surface area (Å²) < 4.78 is 22.7. The maximum absolute atomic E-state index is 12.7. The molecule has 0 spiro atoms. The average Bonchev–Trinajstić information content (AvgIpc) is 2.07. The summed E-state index contributed by atoms with van der Waals surface area (Å²) in [5, 5.41) is 8.98. The molecule has 2 rings (SSSR count). The molecule has 1 aliphatic rings.